The Hall–Kier alpha value is -1.26. The summed E-state index contributed by atoms with van der Waals surface area (Å²) in [6, 6.07) is 7.54. The Kier molecular flexibility index (Phi) is 3.64. The summed E-state index contributed by atoms with van der Waals surface area (Å²) in [4.78, 5) is 8.14. The van der Waals surface area contributed by atoms with Gasteiger partial charge < -0.3 is 5.73 Å². The van der Waals surface area contributed by atoms with E-state index in [0.717, 1.165) is 16.3 Å². The van der Waals surface area contributed by atoms with Crippen LogP contribution in [-0.4, -0.2) is 9.97 Å². The van der Waals surface area contributed by atoms with Gasteiger partial charge in [-0.25, -0.2) is 9.97 Å². The number of halogens is 1. The van der Waals surface area contributed by atoms with E-state index in [0.29, 0.717) is 10.8 Å². The topological polar surface area (TPSA) is 51.8 Å². The number of nitrogens with zero attached hydrogens (tertiary/aromatic N) is 2. The lowest BCUT2D eigenvalue weighted by atomic mass is 10.3. The number of aromatic nitrogens is 2. The maximum absolute atomic E-state index is 5.79. The quantitative estimate of drug-likeness (QED) is 0.673. The Morgan fingerprint density at radius 1 is 1.25 bits per heavy atom. The third-order valence-electron chi connectivity index (χ3n) is 1.94. The van der Waals surface area contributed by atoms with Gasteiger partial charge in [0, 0.05) is 11.9 Å². The number of nitrogen functional groups attached to an aromatic ring is 1. The molecule has 0 spiro atoms. The summed E-state index contributed by atoms with van der Waals surface area (Å²) in [5.74, 6) is 0.819. The van der Waals surface area contributed by atoms with E-state index in [2.05, 4.69) is 9.97 Å². The molecule has 0 aliphatic heterocycles. The number of pyridine rings is 2. The lowest BCUT2D eigenvalue weighted by Gasteiger charge is -2.01. The molecule has 0 aromatic carbocycles. The fourth-order valence-corrected chi connectivity index (χ4v) is 2.15. The van der Waals surface area contributed by atoms with Crippen LogP contribution in [0.1, 0.15) is 5.56 Å². The highest BCUT2D eigenvalue weighted by atomic mass is 35.5. The van der Waals surface area contributed by atoms with Crippen LogP contribution in [0.2, 0.25) is 5.15 Å². The molecule has 3 nitrogen and oxygen atoms in total. The van der Waals surface area contributed by atoms with E-state index >= 15 is 0 Å². The number of hydrogen-bond donors (Lipinski definition) is 1. The molecule has 0 unspecified atom stereocenters. The van der Waals surface area contributed by atoms with Crippen LogP contribution >= 0.6 is 23.4 Å². The molecule has 82 valence electrons. The first kappa shape index (κ1) is 11.2. The fraction of sp³-hybridized carbons (Fsp3) is 0.0909. The van der Waals surface area contributed by atoms with Crippen LogP contribution in [-0.2, 0) is 5.75 Å². The molecule has 0 fully saturated rings. The Morgan fingerprint density at radius 3 is 2.81 bits per heavy atom. The van der Waals surface area contributed by atoms with Gasteiger partial charge in [0.05, 0.1) is 16.9 Å². The maximum atomic E-state index is 5.79. The van der Waals surface area contributed by atoms with Crippen LogP contribution < -0.4 is 5.73 Å². The van der Waals surface area contributed by atoms with E-state index in [4.69, 9.17) is 17.3 Å². The zero-order valence-corrected chi connectivity index (χ0v) is 10.0. The van der Waals surface area contributed by atoms with Crippen molar-refractivity contribution in [1.29, 1.82) is 0 Å². The molecule has 2 N–H and O–H groups in total. The van der Waals surface area contributed by atoms with Crippen LogP contribution in [0.5, 0.6) is 0 Å². The van der Waals surface area contributed by atoms with E-state index in [-0.39, 0.29) is 0 Å². The molecule has 0 radical (unpaired) electrons. The number of thioether (sulfide) groups is 1. The first-order valence-corrected chi connectivity index (χ1v) is 6.05. The summed E-state index contributed by atoms with van der Waals surface area (Å²) in [6.07, 6.45) is 3.36. The van der Waals surface area contributed by atoms with Crippen molar-refractivity contribution in [3.63, 3.8) is 0 Å². The minimum absolute atomic E-state index is 0.517. The summed E-state index contributed by atoms with van der Waals surface area (Å²) in [7, 11) is 0. The Morgan fingerprint density at radius 2 is 2.12 bits per heavy atom. The zero-order valence-electron chi connectivity index (χ0n) is 8.43. The molecule has 5 heteroatoms. The minimum atomic E-state index is 0.517. The van der Waals surface area contributed by atoms with Gasteiger partial charge in [0.15, 0.2) is 0 Å². The minimum Gasteiger partial charge on any atom is -0.397 e. The lowest BCUT2D eigenvalue weighted by Crippen LogP contribution is -1.87. The van der Waals surface area contributed by atoms with Crippen molar-refractivity contribution in [2.45, 2.75) is 10.8 Å². The van der Waals surface area contributed by atoms with E-state index in [1.54, 1.807) is 24.2 Å². The first-order valence-electron chi connectivity index (χ1n) is 4.69. The van der Waals surface area contributed by atoms with Gasteiger partial charge in [0.2, 0.25) is 0 Å². The number of hydrogen-bond acceptors (Lipinski definition) is 4. The number of rotatable bonds is 3. The molecule has 0 amide bonds. The van der Waals surface area contributed by atoms with Crippen LogP contribution in [0, 0.1) is 0 Å². The smallest absolute Gasteiger partial charge is 0.129 e. The van der Waals surface area contributed by atoms with Crippen molar-refractivity contribution >= 4 is 29.1 Å². The highest BCUT2D eigenvalue weighted by molar-refractivity contribution is 7.98. The molecule has 2 rings (SSSR count). The summed E-state index contributed by atoms with van der Waals surface area (Å²) in [6.45, 7) is 0. The monoisotopic (exact) mass is 251 g/mol. The molecular weight excluding hydrogens is 242 g/mol. The van der Waals surface area contributed by atoms with Gasteiger partial charge in [0.1, 0.15) is 5.15 Å². The van der Waals surface area contributed by atoms with Crippen LogP contribution in [0.25, 0.3) is 0 Å². The summed E-state index contributed by atoms with van der Waals surface area (Å²) in [5, 5.41) is 1.46. The molecule has 16 heavy (non-hydrogen) atoms. The summed E-state index contributed by atoms with van der Waals surface area (Å²) in [5.41, 5.74) is 7.36. The highest BCUT2D eigenvalue weighted by Gasteiger charge is 1.98. The standard InChI is InChI=1S/C11H10ClN3S/c12-10-5-8(3-4-14-10)7-16-11-2-1-9(13)6-15-11/h1-6H,7,13H2. The SMILES string of the molecule is Nc1ccc(SCc2ccnc(Cl)c2)nc1. The second-order valence-corrected chi connectivity index (χ2v) is 4.59. The van der Waals surface area contributed by atoms with E-state index in [1.165, 1.54) is 0 Å². The lowest BCUT2D eigenvalue weighted by molar-refractivity contribution is 1.13. The van der Waals surface area contributed by atoms with Crippen molar-refractivity contribution in [2.24, 2.45) is 0 Å². The second-order valence-electron chi connectivity index (χ2n) is 3.21. The third-order valence-corrected chi connectivity index (χ3v) is 3.16. The van der Waals surface area contributed by atoms with Gasteiger partial charge in [-0.3, -0.25) is 0 Å². The molecule has 0 saturated carbocycles. The first-order chi connectivity index (χ1) is 7.74. The largest absolute Gasteiger partial charge is 0.397 e. The third kappa shape index (κ3) is 3.12. The van der Waals surface area contributed by atoms with Gasteiger partial charge in [-0.2, -0.15) is 0 Å². The molecule has 2 aromatic heterocycles. The van der Waals surface area contributed by atoms with Gasteiger partial charge >= 0.3 is 0 Å². The number of anilines is 1. The van der Waals surface area contributed by atoms with E-state index in [9.17, 15) is 0 Å². The normalized spacial score (nSPS) is 10.3. The predicted octanol–water partition coefficient (Wildman–Crippen LogP) is 3.00. The van der Waals surface area contributed by atoms with Crippen LogP contribution in [0.4, 0.5) is 5.69 Å². The Labute approximate surface area is 103 Å². The Bertz CT molecular complexity index is 473. The van der Waals surface area contributed by atoms with Crippen LogP contribution in [0.3, 0.4) is 0 Å². The van der Waals surface area contributed by atoms with Gasteiger partial charge in [-0.15, -0.1) is 11.8 Å². The van der Waals surface area contributed by atoms with Gasteiger partial charge in [-0.1, -0.05) is 11.6 Å². The van der Waals surface area contributed by atoms with Crippen molar-refractivity contribution in [3.05, 3.63) is 47.4 Å². The summed E-state index contributed by atoms with van der Waals surface area (Å²) >= 11 is 7.43. The van der Waals surface area contributed by atoms with Crippen molar-refractivity contribution in [3.8, 4) is 0 Å². The van der Waals surface area contributed by atoms with Crippen molar-refractivity contribution < 1.29 is 0 Å². The fourth-order valence-electron chi connectivity index (χ4n) is 1.17. The van der Waals surface area contributed by atoms with E-state index in [1.807, 2.05) is 24.3 Å². The molecule has 0 atom stereocenters. The maximum Gasteiger partial charge on any atom is 0.129 e. The molecule has 2 heterocycles. The van der Waals surface area contributed by atoms with E-state index < -0.39 is 0 Å². The predicted molar refractivity (Wildman–Crippen MR) is 67.5 cm³/mol. The molecule has 0 aliphatic rings. The highest BCUT2D eigenvalue weighted by Crippen LogP contribution is 2.21. The molecule has 0 bridgehead atoms. The average Bonchev–Trinajstić information content (AvgIpc) is 2.28. The Balaban J connectivity index is 1.99. The van der Waals surface area contributed by atoms with Gasteiger partial charge in [0.25, 0.3) is 0 Å². The molecule has 0 aliphatic carbocycles. The zero-order chi connectivity index (χ0) is 11.4. The molecular formula is C11H10ClN3S. The molecule has 2 aromatic rings. The van der Waals surface area contributed by atoms with Crippen LogP contribution in [0.15, 0.2) is 41.7 Å². The van der Waals surface area contributed by atoms with Crippen molar-refractivity contribution in [1.82, 2.24) is 9.97 Å². The van der Waals surface area contributed by atoms with Gasteiger partial charge in [-0.05, 0) is 29.8 Å². The second kappa shape index (κ2) is 5.18. The molecule has 0 saturated heterocycles. The number of nitrogens with two attached hydrogens (primary N) is 1. The van der Waals surface area contributed by atoms with Crippen molar-refractivity contribution in [2.75, 3.05) is 5.73 Å². The average molecular weight is 252 g/mol. The summed E-state index contributed by atoms with van der Waals surface area (Å²) < 4.78 is 0.